The fraction of sp³-hybridized carbons (Fsp3) is 0.711. The highest BCUT2D eigenvalue weighted by Gasteiger charge is 2.70. The number of carbonyl (C=O) groups excluding carboxylic acids is 3. The van der Waals surface area contributed by atoms with Crippen molar-refractivity contribution in [3.63, 3.8) is 0 Å². The van der Waals surface area contributed by atoms with Gasteiger partial charge in [-0.15, -0.1) is 0 Å². The van der Waals surface area contributed by atoms with Crippen molar-refractivity contribution < 1.29 is 29.6 Å². The Hall–Kier alpha value is -2.55. The van der Waals surface area contributed by atoms with E-state index in [1.54, 1.807) is 18.2 Å². The minimum absolute atomic E-state index is 0.00122. The molecular weight excluding hydrogens is 580 g/mol. The molecule has 10 atom stereocenters. The number of hydrogen-bond donors (Lipinski definition) is 3. The number of anilines is 1. The number of hydrogen-bond acceptors (Lipinski definition) is 6. The molecule has 3 N–H and O–H groups in total. The Morgan fingerprint density at radius 1 is 0.957 bits per heavy atom. The summed E-state index contributed by atoms with van der Waals surface area (Å²) >= 11 is 0. The number of allylic oxidation sites excluding steroid dienone is 2. The Morgan fingerprint density at radius 2 is 1.63 bits per heavy atom. The Morgan fingerprint density at radius 3 is 2.30 bits per heavy atom. The lowest BCUT2D eigenvalue weighted by atomic mass is 9.33. The first-order valence-corrected chi connectivity index (χ1v) is 17.4. The molecular formula is C38H54N2O6. The zero-order valence-corrected chi connectivity index (χ0v) is 29.0. The lowest BCUT2D eigenvalue weighted by molar-refractivity contribution is -0.990. The molecule has 46 heavy (non-hydrogen) atoms. The number of para-hydroxylation sites is 2. The highest BCUT2D eigenvalue weighted by molar-refractivity contribution is 5.97. The fourth-order valence-electron chi connectivity index (χ4n) is 11.8. The molecule has 1 aromatic carbocycles. The number of amides is 1. The number of quaternary nitrogens is 1. The van der Waals surface area contributed by atoms with E-state index >= 15 is 0 Å². The van der Waals surface area contributed by atoms with E-state index in [-0.39, 0.29) is 74.3 Å². The minimum atomic E-state index is -1.07. The summed E-state index contributed by atoms with van der Waals surface area (Å²) in [6, 6.07) is 6.57. The van der Waals surface area contributed by atoms with Gasteiger partial charge >= 0.3 is 5.97 Å². The molecule has 0 aromatic heterocycles. The second-order valence-corrected chi connectivity index (χ2v) is 17.5. The van der Waals surface area contributed by atoms with Crippen LogP contribution < -0.4 is 10.5 Å². The number of benzene rings is 1. The number of rotatable bonds is 4. The fourth-order valence-corrected chi connectivity index (χ4v) is 11.8. The SMILES string of the molecule is CC(=O)O[C@@H]1CC[C@]2(C)[C@H](CC[C@]3(C)[C@@H]2C(=O)C=C2[C@@H]4C[C@](C)(C(=O)Nc5ccccc5[NH+]([O-])O)CC[C@]4(C)CC[C@]23C)C1(C)C. The zero-order chi connectivity index (χ0) is 33.7. The van der Waals surface area contributed by atoms with Crippen LogP contribution in [0.2, 0.25) is 0 Å². The molecule has 6 rings (SSSR count). The topological polar surface area (TPSA) is 120 Å². The van der Waals surface area contributed by atoms with Crippen LogP contribution in [0.1, 0.15) is 113 Å². The lowest BCUT2D eigenvalue weighted by Gasteiger charge is -2.70. The summed E-state index contributed by atoms with van der Waals surface area (Å²) in [5, 5.41) is 23.5. The van der Waals surface area contributed by atoms with E-state index < -0.39 is 10.6 Å². The van der Waals surface area contributed by atoms with E-state index in [1.165, 1.54) is 18.6 Å². The zero-order valence-electron chi connectivity index (χ0n) is 29.0. The Kier molecular flexibility index (Phi) is 7.78. The third-order valence-electron chi connectivity index (χ3n) is 14.8. The summed E-state index contributed by atoms with van der Waals surface area (Å²) in [5.74, 6) is 0.0973. The van der Waals surface area contributed by atoms with Gasteiger partial charge in [0.2, 0.25) is 5.91 Å². The second-order valence-electron chi connectivity index (χ2n) is 17.5. The molecule has 0 heterocycles. The van der Waals surface area contributed by atoms with Crippen LogP contribution in [0.15, 0.2) is 35.9 Å². The first kappa shape index (κ1) is 33.4. The van der Waals surface area contributed by atoms with Crippen LogP contribution in [0.4, 0.5) is 11.4 Å². The number of fused-ring (bicyclic) bond motifs is 7. The molecule has 0 radical (unpaired) electrons. The standard InChI is InChI=1S/C38H54N2O6/c1-23(41)46-30-14-15-36(6)29(33(30,2)3)13-16-38(8)31(36)28(42)21-24-25-22-35(5,18-17-34(25,4)19-20-37(24,38)7)32(43)39-26-11-9-10-12-27(26)40(44)45/h9-12,21,25,29-31,40,44H,13-20,22H2,1-8H3,(H,39,43)/t25-,29+,30+,31+,34+,35+,36+,37+,38+/m0/s1. The van der Waals surface area contributed by atoms with Crippen LogP contribution in [0.5, 0.6) is 0 Å². The van der Waals surface area contributed by atoms with Crippen molar-refractivity contribution >= 4 is 29.0 Å². The third kappa shape index (κ3) is 4.67. The van der Waals surface area contributed by atoms with Crippen LogP contribution >= 0.6 is 0 Å². The van der Waals surface area contributed by atoms with E-state index in [9.17, 15) is 24.8 Å². The highest BCUT2D eigenvalue weighted by Crippen LogP contribution is 2.75. The summed E-state index contributed by atoms with van der Waals surface area (Å²) < 4.78 is 5.86. The van der Waals surface area contributed by atoms with Crippen LogP contribution in [-0.4, -0.2) is 29.0 Å². The summed E-state index contributed by atoms with van der Waals surface area (Å²) in [7, 11) is 0. The van der Waals surface area contributed by atoms with E-state index in [0.29, 0.717) is 12.1 Å². The predicted molar refractivity (Wildman–Crippen MR) is 176 cm³/mol. The first-order chi connectivity index (χ1) is 21.3. The van der Waals surface area contributed by atoms with E-state index in [4.69, 9.17) is 4.74 Å². The van der Waals surface area contributed by atoms with Crippen molar-refractivity contribution in [1.82, 2.24) is 0 Å². The van der Waals surface area contributed by atoms with Gasteiger partial charge < -0.3 is 15.3 Å². The van der Waals surface area contributed by atoms with Crippen molar-refractivity contribution in [1.29, 1.82) is 0 Å². The molecule has 8 nitrogen and oxygen atoms in total. The van der Waals surface area contributed by atoms with Gasteiger partial charge in [0, 0.05) is 29.7 Å². The molecule has 0 bridgehead atoms. The normalized spacial score (nSPS) is 43.5. The van der Waals surface area contributed by atoms with Crippen molar-refractivity contribution in [2.45, 2.75) is 119 Å². The second kappa shape index (κ2) is 10.7. The molecule has 0 spiro atoms. The molecule has 8 heteroatoms. The minimum Gasteiger partial charge on any atom is -0.595 e. The van der Waals surface area contributed by atoms with Crippen molar-refractivity contribution in [2.75, 3.05) is 5.32 Å². The van der Waals surface area contributed by atoms with Crippen molar-refractivity contribution in [2.24, 2.45) is 50.2 Å². The van der Waals surface area contributed by atoms with Crippen LogP contribution in [0.25, 0.3) is 0 Å². The van der Waals surface area contributed by atoms with Gasteiger partial charge in [-0.1, -0.05) is 66.2 Å². The first-order valence-electron chi connectivity index (χ1n) is 17.4. The molecule has 4 fully saturated rings. The molecule has 252 valence electrons. The monoisotopic (exact) mass is 634 g/mol. The summed E-state index contributed by atoms with van der Waals surface area (Å²) in [4.78, 5) is 40.7. The van der Waals surface area contributed by atoms with E-state index in [1.807, 2.05) is 13.0 Å². The lowest BCUT2D eigenvalue weighted by Crippen LogP contribution is -2.99. The maximum atomic E-state index is 14.7. The maximum Gasteiger partial charge on any atom is 0.302 e. The van der Waals surface area contributed by atoms with Crippen LogP contribution in [0.3, 0.4) is 0 Å². The third-order valence-corrected chi connectivity index (χ3v) is 14.8. The number of ether oxygens (including phenoxy) is 1. The summed E-state index contributed by atoms with van der Waals surface area (Å²) in [6.07, 6.45) is 9.78. The average molecular weight is 635 g/mol. The Labute approximate surface area is 274 Å². The Bertz CT molecular complexity index is 1480. The highest BCUT2D eigenvalue weighted by atomic mass is 16.8. The number of carbonyl (C=O) groups is 3. The van der Waals surface area contributed by atoms with Crippen molar-refractivity contribution in [3.05, 3.63) is 41.1 Å². The molecule has 1 amide bonds. The van der Waals surface area contributed by atoms with E-state index in [0.717, 1.165) is 51.4 Å². The Balaban J connectivity index is 1.34. The quantitative estimate of drug-likeness (QED) is 0.244. The number of esters is 1. The smallest absolute Gasteiger partial charge is 0.302 e. The van der Waals surface area contributed by atoms with Gasteiger partial charge in [-0.25, -0.2) is 5.21 Å². The maximum absolute atomic E-state index is 14.7. The predicted octanol–water partition coefficient (Wildman–Crippen LogP) is 6.94. The largest absolute Gasteiger partial charge is 0.595 e. The van der Waals surface area contributed by atoms with Gasteiger partial charge in [-0.05, 0) is 103 Å². The number of ketones is 1. The molecule has 1 aromatic rings. The molecule has 1 unspecified atom stereocenters. The molecule has 0 saturated heterocycles. The van der Waals surface area contributed by atoms with Gasteiger partial charge in [0.05, 0.1) is 0 Å². The summed E-state index contributed by atoms with van der Waals surface area (Å²) in [6.45, 7) is 17.5. The molecule has 5 aliphatic carbocycles. The average Bonchev–Trinajstić information content (AvgIpc) is 2.96. The molecule has 0 aliphatic heterocycles. The van der Waals surface area contributed by atoms with Gasteiger partial charge in [-0.2, -0.15) is 5.23 Å². The van der Waals surface area contributed by atoms with Gasteiger partial charge in [0.15, 0.2) is 11.5 Å². The van der Waals surface area contributed by atoms with Crippen LogP contribution in [0, 0.1) is 55.5 Å². The molecule has 4 saturated carbocycles. The number of nitrogens with one attached hydrogen (secondary N) is 2. The van der Waals surface area contributed by atoms with Gasteiger partial charge in [0.1, 0.15) is 11.8 Å². The summed E-state index contributed by atoms with van der Waals surface area (Å²) in [5.41, 5.74) is 0.123. The van der Waals surface area contributed by atoms with Gasteiger partial charge in [0.25, 0.3) is 0 Å². The molecule has 5 aliphatic rings. The van der Waals surface area contributed by atoms with E-state index in [2.05, 4.69) is 46.9 Å². The van der Waals surface area contributed by atoms with Crippen molar-refractivity contribution in [3.8, 4) is 0 Å². The van der Waals surface area contributed by atoms with Gasteiger partial charge in [-0.3, -0.25) is 14.4 Å². The van der Waals surface area contributed by atoms with Crippen LogP contribution in [-0.2, 0) is 19.1 Å².